The van der Waals surface area contributed by atoms with Gasteiger partial charge >= 0.3 is 0 Å². The van der Waals surface area contributed by atoms with Crippen molar-refractivity contribution in [1.29, 1.82) is 0 Å². The molecule has 0 radical (unpaired) electrons. The van der Waals surface area contributed by atoms with E-state index in [4.69, 9.17) is 26.2 Å². The number of nitrogens with zero attached hydrogens (tertiary/aromatic N) is 2. The molecule has 5 nitrogen and oxygen atoms in total. The first-order valence-electron chi connectivity index (χ1n) is 10.4. The highest BCUT2D eigenvalue weighted by atomic mass is 35.5. The number of hydrogen-bond acceptors (Lipinski definition) is 4. The Hall–Kier alpha value is -2.11. The van der Waals surface area contributed by atoms with E-state index in [1.54, 1.807) is 25.3 Å². The van der Waals surface area contributed by atoms with Crippen molar-refractivity contribution < 1.29 is 8.85 Å². The Labute approximate surface area is 168 Å². The molecule has 144 valence electrons. The van der Waals surface area contributed by atoms with Crippen LogP contribution in [0.15, 0.2) is 29.2 Å². The molecule has 3 rings (SSSR count). The molecular formula is C21H26ClN3O2. The maximum atomic E-state index is 13.2. The lowest BCUT2D eigenvalue weighted by atomic mass is 9.93. The summed E-state index contributed by atoms with van der Waals surface area (Å²) in [6, 6.07) is 4.82. The number of hydrogen-bond donors (Lipinski definition) is 1. The number of benzene rings is 1. The molecule has 0 unspecified atom stereocenters. The van der Waals surface area contributed by atoms with Crippen molar-refractivity contribution in [3.05, 3.63) is 45.5 Å². The number of nitrogens with two attached hydrogens (primary N) is 1. The van der Waals surface area contributed by atoms with E-state index in [1.165, 1.54) is 6.07 Å². The highest BCUT2D eigenvalue weighted by Gasteiger charge is 2.22. The van der Waals surface area contributed by atoms with E-state index >= 15 is 0 Å². The predicted octanol–water partition coefficient (Wildman–Crippen LogP) is 4.19. The fraction of sp³-hybridized carbons (Fsp3) is 0.429. The van der Waals surface area contributed by atoms with E-state index in [0.717, 1.165) is 11.0 Å². The van der Waals surface area contributed by atoms with Gasteiger partial charge in [-0.05, 0) is 49.8 Å². The zero-order chi connectivity index (χ0) is 22.4. The van der Waals surface area contributed by atoms with E-state index in [-0.39, 0.29) is 17.5 Å². The van der Waals surface area contributed by atoms with Gasteiger partial charge in [0.1, 0.15) is 12.4 Å². The molecule has 0 bridgehead atoms. The molecule has 27 heavy (non-hydrogen) atoms. The summed E-state index contributed by atoms with van der Waals surface area (Å²) in [6.45, 7) is 5.27. The Bertz CT molecular complexity index is 1170. The molecule has 2 heterocycles. The van der Waals surface area contributed by atoms with E-state index in [2.05, 4.69) is 18.8 Å². The van der Waals surface area contributed by atoms with Gasteiger partial charge in [0.05, 0.1) is 21.6 Å². The summed E-state index contributed by atoms with van der Waals surface area (Å²) in [5, 5.41) is 1.68. The molecule has 1 aromatic carbocycles. The van der Waals surface area contributed by atoms with E-state index in [9.17, 15) is 4.79 Å². The van der Waals surface area contributed by atoms with Crippen molar-refractivity contribution in [3.63, 3.8) is 0 Å². The summed E-state index contributed by atoms with van der Waals surface area (Å²) in [5.41, 5.74) is 5.82. The van der Waals surface area contributed by atoms with Crippen LogP contribution in [-0.2, 0) is 6.98 Å². The Morgan fingerprint density at radius 2 is 2.11 bits per heavy atom. The maximum absolute atomic E-state index is 13.2. The van der Waals surface area contributed by atoms with Crippen molar-refractivity contribution >= 4 is 33.3 Å². The summed E-state index contributed by atoms with van der Waals surface area (Å²) < 4.78 is 30.3. The second kappa shape index (κ2) is 7.13. The summed E-state index contributed by atoms with van der Waals surface area (Å²) in [5.74, 6) is 0.689. The van der Waals surface area contributed by atoms with Gasteiger partial charge in [0, 0.05) is 28.2 Å². The third kappa shape index (κ3) is 3.80. The number of ether oxygens (including phenoxy) is 1. The summed E-state index contributed by atoms with van der Waals surface area (Å²) in [6.07, 6.45) is 2.33. The van der Waals surface area contributed by atoms with Gasteiger partial charge in [-0.3, -0.25) is 9.78 Å². The first-order valence-corrected chi connectivity index (χ1v) is 9.25. The molecule has 0 saturated carbocycles. The molecule has 0 fully saturated rings. The zero-order valence-electron chi connectivity index (χ0n) is 19.0. The Balaban J connectivity index is 2.22. The number of halogens is 1. The number of aryl methyl sites for hydroxylation is 2. The SMILES string of the molecule is [2H]C([2H])([2H])n1c(=O)c2cc(OC[C@@](C)(N)CC(C)C)c(Cl)cc2c2ccnc(C)c21. The lowest BCUT2D eigenvalue weighted by Crippen LogP contribution is -2.43. The van der Waals surface area contributed by atoms with Crippen molar-refractivity contribution in [2.24, 2.45) is 18.6 Å². The molecule has 0 spiro atoms. The lowest BCUT2D eigenvalue weighted by Gasteiger charge is -2.27. The van der Waals surface area contributed by atoms with Crippen molar-refractivity contribution in [1.82, 2.24) is 9.55 Å². The molecule has 1 atom stereocenters. The molecule has 2 aromatic heterocycles. The van der Waals surface area contributed by atoms with Crippen LogP contribution in [0.5, 0.6) is 5.75 Å². The van der Waals surface area contributed by atoms with E-state index in [1.807, 2.05) is 6.92 Å². The minimum Gasteiger partial charge on any atom is -0.490 e. The van der Waals surface area contributed by atoms with Gasteiger partial charge in [-0.25, -0.2) is 0 Å². The smallest absolute Gasteiger partial charge is 0.258 e. The second-order valence-electron chi connectivity index (χ2n) is 7.80. The van der Waals surface area contributed by atoms with Gasteiger partial charge < -0.3 is 15.0 Å². The summed E-state index contributed by atoms with van der Waals surface area (Å²) in [7, 11) is 0. The number of aromatic nitrogens is 2. The van der Waals surface area contributed by atoms with Crippen molar-refractivity contribution in [2.45, 2.75) is 39.7 Å². The summed E-state index contributed by atoms with van der Waals surface area (Å²) >= 11 is 6.46. The van der Waals surface area contributed by atoms with E-state index < -0.39 is 18.1 Å². The monoisotopic (exact) mass is 390 g/mol. The van der Waals surface area contributed by atoms with Crippen LogP contribution in [0.2, 0.25) is 5.02 Å². The van der Waals surface area contributed by atoms with Gasteiger partial charge in [-0.15, -0.1) is 0 Å². The molecule has 0 aliphatic heterocycles. The molecule has 6 heteroatoms. The average molecular weight is 391 g/mol. The quantitative estimate of drug-likeness (QED) is 0.663. The van der Waals surface area contributed by atoms with Crippen LogP contribution in [0.4, 0.5) is 0 Å². The third-order valence-electron chi connectivity index (χ3n) is 4.56. The van der Waals surface area contributed by atoms with Crippen LogP contribution in [0, 0.1) is 12.8 Å². The van der Waals surface area contributed by atoms with Crippen LogP contribution in [0.3, 0.4) is 0 Å². The molecule has 0 saturated heterocycles. The largest absolute Gasteiger partial charge is 0.490 e. The van der Waals surface area contributed by atoms with Crippen LogP contribution in [-0.4, -0.2) is 21.7 Å². The minimum atomic E-state index is -2.66. The number of fused-ring (bicyclic) bond motifs is 3. The zero-order valence-corrected chi connectivity index (χ0v) is 16.7. The standard InChI is InChI=1S/C21H26ClN3O2/c1-12(2)10-21(4,23)11-27-18-9-16-15(8-17(18)22)14-6-7-24-13(3)19(14)25(5)20(16)26/h6-9,12H,10-11,23H2,1-5H3/t21-/m0/s1/i5D3. The predicted molar refractivity (Wildman–Crippen MR) is 112 cm³/mol. The summed E-state index contributed by atoms with van der Waals surface area (Å²) in [4.78, 5) is 17.4. The molecule has 0 amide bonds. The third-order valence-corrected chi connectivity index (χ3v) is 4.85. The van der Waals surface area contributed by atoms with Crippen LogP contribution in [0.1, 0.15) is 37.0 Å². The van der Waals surface area contributed by atoms with Crippen LogP contribution >= 0.6 is 11.6 Å². The van der Waals surface area contributed by atoms with Crippen molar-refractivity contribution in [2.75, 3.05) is 6.61 Å². The first-order chi connectivity index (χ1) is 13.8. The average Bonchev–Trinajstić information content (AvgIpc) is 2.59. The second-order valence-corrected chi connectivity index (χ2v) is 8.21. The maximum Gasteiger partial charge on any atom is 0.258 e. The van der Waals surface area contributed by atoms with Gasteiger partial charge in [0.15, 0.2) is 0 Å². The van der Waals surface area contributed by atoms with E-state index in [0.29, 0.717) is 33.2 Å². The lowest BCUT2D eigenvalue weighted by molar-refractivity contribution is 0.207. The van der Waals surface area contributed by atoms with Crippen molar-refractivity contribution in [3.8, 4) is 5.75 Å². The molecule has 2 N–H and O–H groups in total. The molecular weight excluding hydrogens is 362 g/mol. The topological polar surface area (TPSA) is 70.1 Å². The Morgan fingerprint density at radius 1 is 1.37 bits per heavy atom. The molecule has 0 aliphatic carbocycles. The first kappa shape index (κ1) is 15.9. The Morgan fingerprint density at radius 3 is 2.78 bits per heavy atom. The Kier molecular flexibility index (Phi) is 4.20. The normalized spacial score (nSPS) is 16.2. The molecule has 3 aromatic rings. The fourth-order valence-corrected chi connectivity index (χ4v) is 3.80. The highest BCUT2D eigenvalue weighted by Crippen LogP contribution is 2.33. The number of pyridine rings is 2. The fourth-order valence-electron chi connectivity index (χ4n) is 3.58. The van der Waals surface area contributed by atoms with Gasteiger partial charge in [-0.1, -0.05) is 25.4 Å². The number of rotatable bonds is 5. The van der Waals surface area contributed by atoms with Crippen LogP contribution < -0.4 is 16.0 Å². The molecule has 0 aliphatic rings. The van der Waals surface area contributed by atoms with Gasteiger partial charge in [0.25, 0.3) is 5.56 Å². The van der Waals surface area contributed by atoms with Gasteiger partial charge in [0.2, 0.25) is 0 Å². The minimum absolute atomic E-state index is 0.209. The highest BCUT2D eigenvalue weighted by molar-refractivity contribution is 6.33. The van der Waals surface area contributed by atoms with Crippen LogP contribution in [0.25, 0.3) is 21.7 Å². The van der Waals surface area contributed by atoms with Gasteiger partial charge in [-0.2, -0.15) is 0 Å².